The molecule has 0 saturated heterocycles. The van der Waals surface area contributed by atoms with Crippen LogP contribution in [-0.4, -0.2) is 33.0 Å². The lowest BCUT2D eigenvalue weighted by atomic mass is 9.99. The largest absolute Gasteiger partial charge is 0.382 e. The summed E-state index contributed by atoms with van der Waals surface area (Å²) in [6.07, 6.45) is 1.23. The van der Waals surface area contributed by atoms with Gasteiger partial charge in [-0.05, 0) is 26.0 Å². The predicted molar refractivity (Wildman–Crippen MR) is 74.7 cm³/mol. The molecule has 0 bridgehead atoms. The van der Waals surface area contributed by atoms with Crippen LogP contribution in [0.4, 0.5) is 0 Å². The number of nitrogens with one attached hydrogen (secondary N) is 1. The maximum Gasteiger partial charge on any atom is 0.0785 e. The summed E-state index contributed by atoms with van der Waals surface area (Å²) in [4.78, 5) is 0. The maximum atomic E-state index is 6.06. The first kappa shape index (κ1) is 15.2. The lowest BCUT2D eigenvalue weighted by Crippen LogP contribution is -2.34. The van der Waals surface area contributed by atoms with Crippen molar-refractivity contribution < 1.29 is 9.47 Å². The lowest BCUT2D eigenvalue weighted by molar-refractivity contribution is -0.0543. The van der Waals surface area contributed by atoms with Crippen molar-refractivity contribution in [3.05, 3.63) is 35.9 Å². The van der Waals surface area contributed by atoms with Crippen LogP contribution in [-0.2, 0) is 9.47 Å². The van der Waals surface area contributed by atoms with Crippen LogP contribution >= 0.6 is 0 Å². The van der Waals surface area contributed by atoms with Crippen molar-refractivity contribution in [1.29, 1.82) is 0 Å². The van der Waals surface area contributed by atoms with Crippen molar-refractivity contribution in [2.45, 2.75) is 38.5 Å². The van der Waals surface area contributed by atoms with Gasteiger partial charge in [-0.1, -0.05) is 37.3 Å². The first-order valence-corrected chi connectivity index (χ1v) is 6.59. The molecular weight excluding hydrogens is 226 g/mol. The number of hydrogen-bond donors (Lipinski definition) is 1. The Labute approximate surface area is 110 Å². The van der Waals surface area contributed by atoms with Crippen LogP contribution < -0.4 is 5.32 Å². The minimum Gasteiger partial charge on any atom is -0.382 e. The van der Waals surface area contributed by atoms with E-state index in [9.17, 15) is 0 Å². The molecule has 102 valence electrons. The average Bonchev–Trinajstić information content (AvgIpc) is 2.40. The summed E-state index contributed by atoms with van der Waals surface area (Å²) < 4.78 is 11.2. The van der Waals surface area contributed by atoms with Gasteiger partial charge in [0.1, 0.15) is 0 Å². The third kappa shape index (κ3) is 4.41. The second-order valence-corrected chi connectivity index (χ2v) is 4.53. The molecule has 1 N–H and O–H groups in total. The molecule has 0 amide bonds. The first-order chi connectivity index (χ1) is 8.72. The molecule has 0 aliphatic carbocycles. The summed E-state index contributed by atoms with van der Waals surface area (Å²) in [5.41, 5.74) is 1.26. The standard InChI is InChI=1S/C15H25NO2/c1-5-14(18-12(2)11-17-4)15(16-3)13-9-7-6-8-10-13/h6-10,12,14-16H,5,11H2,1-4H3. The fraction of sp³-hybridized carbons (Fsp3) is 0.600. The second-order valence-electron chi connectivity index (χ2n) is 4.53. The highest BCUT2D eigenvalue weighted by Gasteiger charge is 2.22. The van der Waals surface area contributed by atoms with Crippen molar-refractivity contribution >= 4 is 0 Å². The molecule has 0 fully saturated rings. The third-order valence-electron chi connectivity index (χ3n) is 3.05. The van der Waals surface area contributed by atoms with E-state index in [0.717, 1.165) is 6.42 Å². The van der Waals surface area contributed by atoms with Gasteiger partial charge in [0.2, 0.25) is 0 Å². The molecule has 18 heavy (non-hydrogen) atoms. The lowest BCUT2D eigenvalue weighted by Gasteiger charge is -2.29. The van der Waals surface area contributed by atoms with Crippen molar-refractivity contribution in [2.75, 3.05) is 20.8 Å². The summed E-state index contributed by atoms with van der Waals surface area (Å²) >= 11 is 0. The smallest absolute Gasteiger partial charge is 0.0785 e. The Morgan fingerprint density at radius 3 is 2.39 bits per heavy atom. The topological polar surface area (TPSA) is 30.5 Å². The van der Waals surface area contributed by atoms with E-state index in [4.69, 9.17) is 9.47 Å². The zero-order valence-corrected chi connectivity index (χ0v) is 11.8. The zero-order valence-electron chi connectivity index (χ0n) is 11.8. The van der Waals surface area contributed by atoms with Crippen molar-refractivity contribution in [2.24, 2.45) is 0 Å². The Morgan fingerprint density at radius 2 is 1.89 bits per heavy atom. The van der Waals surface area contributed by atoms with Crippen LogP contribution in [0.1, 0.15) is 31.9 Å². The van der Waals surface area contributed by atoms with Gasteiger partial charge in [-0.15, -0.1) is 0 Å². The number of hydrogen-bond acceptors (Lipinski definition) is 3. The minimum atomic E-state index is 0.111. The van der Waals surface area contributed by atoms with E-state index in [1.807, 2.05) is 20.0 Å². The van der Waals surface area contributed by atoms with Crippen LogP contribution in [0.15, 0.2) is 30.3 Å². The zero-order chi connectivity index (χ0) is 13.4. The Kier molecular flexibility index (Phi) is 6.94. The summed E-state index contributed by atoms with van der Waals surface area (Å²) in [6, 6.07) is 10.6. The van der Waals surface area contributed by atoms with Crippen molar-refractivity contribution in [3.63, 3.8) is 0 Å². The fourth-order valence-corrected chi connectivity index (χ4v) is 2.21. The van der Waals surface area contributed by atoms with Gasteiger partial charge in [0.15, 0.2) is 0 Å². The summed E-state index contributed by atoms with van der Waals surface area (Å²) in [5, 5.41) is 3.35. The van der Waals surface area contributed by atoms with E-state index in [1.54, 1.807) is 7.11 Å². The fourth-order valence-electron chi connectivity index (χ4n) is 2.21. The van der Waals surface area contributed by atoms with Gasteiger partial charge >= 0.3 is 0 Å². The van der Waals surface area contributed by atoms with Crippen LogP contribution in [0.3, 0.4) is 0 Å². The van der Waals surface area contributed by atoms with Crippen LogP contribution in [0.25, 0.3) is 0 Å². The quantitative estimate of drug-likeness (QED) is 0.770. The highest BCUT2D eigenvalue weighted by molar-refractivity contribution is 5.20. The Hall–Kier alpha value is -0.900. The molecule has 0 radical (unpaired) electrons. The van der Waals surface area contributed by atoms with Crippen LogP contribution in [0.2, 0.25) is 0 Å². The molecule has 3 heteroatoms. The molecule has 0 aliphatic heterocycles. The molecule has 1 aromatic carbocycles. The van der Waals surface area contributed by atoms with E-state index in [1.165, 1.54) is 5.56 Å². The molecule has 3 unspecified atom stereocenters. The van der Waals surface area contributed by atoms with Gasteiger partial charge in [-0.25, -0.2) is 0 Å². The molecule has 1 rings (SSSR count). The Bertz CT molecular complexity index is 316. The third-order valence-corrected chi connectivity index (χ3v) is 3.05. The van der Waals surface area contributed by atoms with Gasteiger partial charge < -0.3 is 14.8 Å². The van der Waals surface area contributed by atoms with Crippen molar-refractivity contribution in [1.82, 2.24) is 5.32 Å². The van der Waals surface area contributed by atoms with E-state index >= 15 is 0 Å². The van der Waals surface area contributed by atoms with Gasteiger partial charge in [-0.2, -0.15) is 0 Å². The molecule has 3 atom stereocenters. The number of rotatable bonds is 8. The van der Waals surface area contributed by atoms with Crippen LogP contribution in [0.5, 0.6) is 0 Å². The molecule has 0 heterocycles. The van der Waals surface area contributed by atoms with E-state index < -0.39 is 0 Å². The SMILES string of the molecule is CCC(OC(C)COC)C(NC)c1ccccc1. The van der Waals surface area contributed by atoms with Gasteiger partial charge in [0.05, 0.1) is 24.9 Å². The average molecular weight is 251 g/mol. The number of benzene rings is 1. The summed E-state index contributed by atoms with van der Waals surface area (Å²) in [7, 11) is 3.68. The second kappa shape index (κ2) is 8.25. The minimum absolute atomic E-state index is 0.111. The Morgan fingerprint density at radius 1 is 1.22 bits per heavy atom. The van der Waals surface area contributed by atoms with E-state index in [0.29, 0.717) is 6.61 Å². The summed E-state index contributed by atoms with van der Waals surface area (Å²) in [5.74, 6) is 0. The summed E-state index contributed by atoms with van der Waals surface area (Å²) in [6.45, 7) is 4.82. The molecule has 0 aliphatic rings. The monoisotopic (exact) mass is 251 g/mol. The molecule has 1 aromatic rings. The number of methoxy groups -OCH3 is 1. The van der Waals surface area contributed by atoms with Crippen LogP contribution in [0, 0.1) is 0 Å². The number of likely N-dealkylation sites (N-methyl/N-ethyl adjacent to an activating group) is 1. The normalized spacial score (nSPS) is 16.2. The van der Waals surface area contributed by atoms with E-state index in [-0.39, 0.29) is 18.2 Å². The highest BCUT2D eigenvalue weighted by atomic mass is 16.5. The van der Waals surface area contributed by atoms with Gasteiger partial charge in [-0.3, -0.25) is 0 Å². The molecule has 0 spiro atoms. The molecule has 3 nitrogen and oxygen atoms in total. The van der Waals surface area contributed by atoms with Gasteiger partial charge in [0, 0.05) is 7.11 Å². The van der Waals surface area contributed by atoms with Crippen molar-refractivity contribution in [3.8, 4) is 0 Å². The van der Waals surface area contributed by atoms with Gasteiger partial charge in [0.25, 0.3) is 0 Å². The molecule has 0 aromatic heterocycles. The highest BCUT2D eigenvalue weighted by Crippen LogP contribution is 2.22. The van der Waals surface area contributed by atoms with E-state index in [2.05, 4.69) is 36.5 Å². The molecule has 0 saturated carbocycles. The predicted octanol–water partition coefficient (Wildman–Crippen LogP) is 2.78. The Balaban J connectivity index is 2.72. The number of ether oxygens (including phenoxy) is 2. The maximum absolute atomic E-state index is 6.06. The molecular formula is C15H25NO2. The first-order valence-electron chi connectivity index (χ1n) is 6.59.